The summed E-state index contributed by atoms with van der Waals surface area (Å²) in [5, 5.41) is 4.13. The normalized spacial score (nSPS) is 11.7. The van der Waals surface area contributed by atoms with Crippen LogP contribution < -0.4 is 31.8 Å². The van der Waals surface area contributed by atoms with Crippen molar-refractivity contribution in [3.63, 3.8) is 0 Å². The first-order valence-electron chi connectivity index (χ1n) is 15.2. The van der Waals surface area contributed by atoms with Gasteiger partial charge in [0.2, 0.25) is 0 Å². The molecule has 0 saturated carbocycles. The Bertz CT molecular complexity index is 1990. The molecule has 222 valence electrons. The Hall–Kier alpha value is -5.07. The van der Waals surface area contributed by atoms with Crippen LogP contribution in [0, 0.1) is 0 Å². The maximum atomic E-state index is 16.0. The summed E-state index contributed by atoms with van der Waals surface area (Å²) in [7, 11) is -6.98. The lowest BCUT2D eigenvalue weighted by Crippen LogP contribution is -2.33. The van der Waals surface area contributed by atoms with Gasteiger partial charge in [-0.3, -0.25) is 4.98 Å². The Labute approximate surface area is 270 Å². The van der Waals surface area contributed by atoms with Crippen molar-refractivity contribution < 1.29 is 9.13 Å². The predicted octanol–water partition coefficient (Wildman–Crippen LogP) is 7.69. The highest BCUT2D eigenvalue weighted by Crippen LogP contribution is 2.50. The fourth-order valence-electron chi connectivity index (χ4n) is 6.11. The van der Waals surface area contributed by atoms with E-state index in [0.717, 1.165) is 16.8 Å². The molecule has 1 heterocycles. The molecule has 1 aromatic heterocycles. The van der Waals surface area contributed by atoms with Crippen molar-refractivity contribution in [3.05, 3.63) is 188 Å². The summed E-state index contributed by atoms with van der Waals surface area (Å²) < 4.78 is 32.0. The van der Waals surface area contributed by atoms with Crippen LogP contribution in [0.2, 0.25) is 0 Å². The highest BCUT2D eigenvalue weighted by molar-refractivity contribution is 7.87. The van der Waals surface area contributed by atoms with E-state index in [1.54, 1.807) is 6.20 Å². The Morgan fingerprint density at radius 1 is 0.370 bits per heavy atom. The highest BCUT2D eigenvalue weighted by Gasteiger charge is 2.38. The maximum absolute atomic E-state index is 16.0. The molecule has 7 rings (SSSR count). The van der Waals surface area contributed by atoms with Crippen LogP contribution >= 0.6 is 14.3 Å². The van der Waals surface area contributed by atoms with Crippen LogP contribution in [-0.4, -0.2) is 4.98 Å². The van der Waals surface area contributed by atoms with Crippen LogP contribution in [0.15, 0.2) is 188 Å². The lowest BCUT2D eigenvalue weighted by atomic mass is 10.0. The van der Waals surface area contributed by atoms with E-state index in [1.165, 1.54) is 0 Å². The molecule has 0 atom stereocenters. The number of benzene rings is 6. The zero-order valence-electron chi connectivity index (χ0n) is 25.1. The Morgan fingerprint density at radius 3 is 1.13 bits per heavy atom. The summed E-state index contributed by atoms with van der Waals surface area (Å²) in [5.74, 6) is 0. The Morgan fingerprint density at radius 2 is 0.739 bits per heavy atom. The summed E-state index contributed by atoms with van der Waals surface area (Å²) >= 11 is 0. The second kappa shape index (κ2) is 12.7. The van der Waals surface area contributed by atoms with Crippen LogP contribution in [0.25, 0.3) is 22.4 Å². The molecule has 5 heteroatoms. The summed E-state index contributed by atoms with van der Waals surface area (Å²) in [4.78, 5) is 4.71. The van der Waals surface area contributed by atoms with Gasteiger partial charge in [0, 0.05) is 49.2 Å². The molecule has 0 bridgehead atoms. The van der Waals surface area contributed by atoms with Gasteiger partial charge in [-0.05, 0) is 17.7 Å². The topological polar surface area (TPSA) is 47.0 Å². The zero-order chi connectivity index (χ0) is 31.4. The first-order chi connectivity index (χ1) is 22.6. The van der Waals surface area contributed by atoms with Crippen molar-refractivity contribution in [1.29, 1.82) is 0 Å². The van der Waals surface area contributed by atoms with Gasteiger partial charge in [0.25, 0.3) is 0 Å². The quantitative estimate of drug-likeness (QED) is 0.162. The fourth-order valence-corrected chi connectivity index (χ4v) is 12.0. The Balaban J connectivity index is 1.62. The first kappa shape index (κ1) is 29.6. The van der Waals surface area contributed by atoms with E-state index in [4.69, 9.17) is 4.98 Å². The minimum atomic E-state index is -3.49. The Kier molecular flexibility index (Phi) is 8.20. The second-order valence-corrected chi connectivity index (χ2v) is 16.5. The zero-order valence-corrected chi connectivity index (χ0v) is 26.8. The lowest BCUT2D eigenvalue weighted by Gasteiger charge is -2.28. The van der Waals surface area contributed by atoms with Crippen molar-refractivity contribution in [3.8, 4) is 22.4 Å². The maximum Gasteiger partial charge on any atom is 0.171 e. The largest absolute Gasteiger partial charge is 0.309 e. The van der Waals surface area contributed by atoms with E-state index in [9.17, 15) is 0 Å². The third-order valence-corrected chi connectivity index (χ3v) is 14.5. The van der Waals surface area contributed by atoms with Gasteiger partial charge >= 0.3 is 0 Å². The number of hydrogen-bond donors (Lipinski definition) is 0. The van der Waals surface area contributed by atoms with Crippen LogP contribution in [-0.2, 0) is 9.13 Å². The summed E-state index contributed by atoms with van der Waals surface area (Å²) in [6.45, 7) is 0. The molecular formula is C41H31NO2P2. The molecule has 0 spiro atoms. The average Bonchev–Trinajstić information content (AvgIpc) is 3.15. The van der Waals surface area contributed by atoms with Crippen LogP contribution in [0.5, 0.6) is 0 Å². The molecule has 3 nitrogen and oxygen atoms in total. The average molecular weight is 632 g/mol. The lowest BCUT2D eigenvalue weighted by molar-refractivity contribution is 0.592. The SMILES string of the molecule is O=P(c1ccccc1)(c1ccccc1)c1cccc(P(=O)(c2ccccc2)c2ccccc2)c1-c1ccnc(-c2ccccc2)c1. The van der Waals surface area contributed by atoms with Crippen molar-refractivity contribution in [2.75, 3.05) is 0 Å². The summed E-state index contributed by atoms with van der Waals surface area (Å²) in [5.41, 5.74) is 3.25. The minimum Gasteiger partial charge on any atom is -0.309 e. The third-order valence-electron chi connectivity index (χ3n) is 8.30. The van der Waals surface area contributed by atoms with Gasteiger partial charge in [-0.15, -0.1) is 0 Å². The highest BCUT2D eigenvalue weighted by atomic mass is 31.2. The monoisotopic (exact) mass is 631 g/mol. The molecule has 0 radical (unpaired) electrons. The molecule has 6 aromatic carbocycles. The molecule has 0 aliphatic rings. The smallest absolute Gasteiger partial charge is 0.171 e. The number of aromatic nitrogens is 1. The van der Waals surface area contributed by atoms with Crippen molar-refractivity contribution in [2.45, 2.75) is 0 Å². The molecule has 0 aliphatic carbocycles. The van der Waals surface area contributed by atoms with Gasteiger partial charge in [0.1, 0.15) is 0 Å². The van der Waals surface area contributed by atoms with Crippen LogP contribution in [0.3, 0.4) is 0 Å². The van der Waals surface area contributed by atoms with Gasteiger partial charge in [-0.1, -0.05) is 170 Å². The number of nitrogens with zero attached hydrogens (tertiary/aromatic N) is 1. The van der Waals surface area contributed by atoms with E-state index in [-0.39, 0.29) is 0 Å². The van der Waals surface area contributed by atoms with E-state index >= 15 is 9.13 Å². The van der Waals surface area contributed by atoms with Crippen LogP contribution in [0.1, 0.15) is 0 Å². The fraction of sp³-hybridized carbons (Fsp3) is 0. The standard InChI is InChI=1S/C41H31NO2P2/c43-45(34-19-8-2-9-20-34,35-21-10-3-11-22-35)39-27-16-28-40(41(39)33-29-30-42-38(31-33)32-17-6-1-7-18-32)46(44,36-23-12-4-13-24-36)37-25-14-5-15-26-37/h1-31H. The number of hydrogen-bond acceptors (Lipinski definition) is 3. The van der Waals surface area contributed by atoms with Gasteiger partial charge < -0.3 is 9.13 Å². The molecule has 0 saturated heterocycles. The number of pyridine rings is 1. The van der Waals surface area contributed by atoms with E-state index < -0.39 is 14.3 Å². The molecule has 0 amide bonds. The van der Waals surface area contributed by atoms with Gasteiger partial charge in [-0.25, -0.2) is 0 Å². The summed E-state index contributed by atoms with van der Waals surface area (Å²) in [6, 6.07) is 58.3. The molecule has 0 N–H and O–H groups in total. The molecule has 0 aliphatic heterocycles. The van der Waals surface area contributed by atoms with E-state index in [2.05, 4.69) is 0 Å². The predicted molar refractivity (Wildman–Crippen MR) is 194 cm³/mol. The molecule has 7 aromatic rings. The van der Waals surface area contributed by atoms with E-state index in [1.807, 2.05) is 182 Å². The molecule has 0 unspecified atom stereocenters. The molecule has 0 fully saturated rings. The second-order valence-electron chi connectivity index (χ2n) is 11.0. The van der Waals surface area contributed by atoms with Crippen molar-refractivity contribution in [2.24, 2.45) is 0 Å². The van der Waals surface area contributed by atoms with Crippen LogP contribution in [0.4, 0.5) is 0 Å². The van der Waals surface area contributed by atoms with Gasteiger partial charge in [0.05, 0.1) is 5.69 Å². The molecule has 46 heavy (non-hydrogen) atoms. The van der Waals surface area contributed by atoms with Crippen molar-refractivity contribution >= 4 is 46.1 Å². The first-order valence-corrected chi connectivity index (χ1v) is 18.6. The minimum absolute atomic E-state index is 0.639. The van der Waals surface area contributed by atoms with E-state index in [0.29, 0.717) is 37.4 Å². The summed E-state index contributed by atoms with van der Waals surface area (Å²) in [6.07, 6.45) is 1.78. The van der Waals surface area contributed by atoms with Gasteiger partial charge in [0.15, 0.2) is 14.3 Å². The molecular weight excluding hydrogens is 600 g/mol. The van der Waals surface area contributed by atoms with Gasteiger partial charge in [-0.2, -0.15) is 0 Å². The number of rotatable bonds is 8. The van der Waals surface area contributed by atoms with Crippen molar-refractivity contribution in [1.82, 2.24) is 4.98 Å². The third kappa shape index (κ3) is 5.29.